The summed E-state index contributed by atoms with van der Waals surface area (Å²) < 4.78 is 14.0. The van der Waals surface area contributed by atoms with Gasteiger partial charge in [-0.05, 0) is 38.0 Å². The van der Waals surface area contributed by atoms with Crippen LogP contribution >= 0.6 is 0 Å². The Labute approximate surface area is 106 Å². The molecule has 0 atom stereocenters. The molecule has 0 radical (unpaired) electrons. The maximum absolute atomic E-state index is 14.0. The Balaban J connectivity index is 3.17. The molecule has 0 aliphatic heterocycles. The Morgan fingerprint density at radius 1 is 1.39 bits per heavy atom. The summed E-state index contributed by atoms with van der Waals surface area (Å²) in [7, 11) is 0. The van der Waals surface area contributed by atoms with Gasteiger partial charge in [-0.2, -0.15) is 0 Å². The van der Waals surface area contributed by atoms with Crippen LogP contribution in [0.1, 0.15) is 18.1 Å². The lowest BCUT2D eigenvalue weighted by atomic mass is 10.1. The van der Waals surface area contributed by atoms with E-state index in [0.29, 0.717) is 12.2 Å². The molecule has 0 heterocycles. The van der Waals surface area contributed by atoms with Gasteiger partial charge in [0.25, 0.3) is 0 Å². The number of hydrogen-bond acceptors (Lipinski definition) is 2. The zero-order valence-electron chi connectivity index (χ0n) is 10.8. The van der Waals surface area contributed by atoms with Crippen molar-refractivity contribution in [3.05, 3.63) is 29.1 Å². The van der Waals surface area contributed by atoms with Crippen molar-refractivity contribution in [3.8, 4) is 0 Å². The molecular weight excluding hydrogens is 233 g/mol. The first-order valence-electron chi connectivity index (χ1n) is 5.60. The third kappa shape index (κ3) is 2.97. The van der Waals surface area contributed by atoms with E-state index >= 15 is 0 Å². The van der Waals surface area contributed by atoms with Gasteiger partial charge in [-0.25, -0.2) is 4.39 Å². The van der Waals surface area contributed by atoms with Crippen LogP contribution in [-0.4, -0.2) is 18.5 Å². The average Bonchev–Trinajstić information content (AvgIpc) is 2.21. The minimum absolute atomic E-state index is 0.115. The average molecular weight is 251 g/mol. The second-order valence-electron chi connectivity index (χ2n) is 4.04. The molecule has 18 heavy (non-hydrogen) atoms. The SMILES string of the molecule is CCN(C(=N)NC(=N)N)c1c(C)cc(C)cc1F. The number of benzene rings is 1. The van der Waals surface area contributed by atoms with Crippen LogP contribution in [0.2, 0.25) is 0 Å². The molecule has 5 N–H and O–H groups in total. The van der Waals surface area contributed by atoms with Crippen molar-refractivity contribution >= 4 is 17.6 Å². The summed E-state index contributed by atoms with van der Waals surface area (Å²) in [5.41, 5.74) is 7.08. The molecule has 0 aliphatic carbocycles. The van der Waals surface area contributed by atoms with Crippen molar-refractivity contribution in [2.24, 2.45) is 5.73 Å². The van der Waals surface area contributed by atoms with Crippen LogP contribution in [0.5, 0.6) is 0 Å². The summed E-state index contributed by atoms with van der Waals surface area (Å²) in [6, 6.07) is 3.27. The molecule has 1 aromatic carbocycles. The minimum atomic E-state index is -0.385. The first kappa shape index (κ1) is 14.0. The third-order valence-corrected chi connectivity index (χ3v) is 2.51. The first-order chi connectivity index (χ1) is 8.36. The standard InChI is InChI=1S/C12H18FN5/c1-4-18(12(16)17-11(14)15)10-8(3)5-7(2)6-9(10)13/h5-6H,4H2,1-3H3,(H5,14,15,16,17). The van der Waals surface area contributed by atoms with Crippen LogP contribution in [-0.2, 0) is 0 Å². The van der Waals surface area contributed by atoms with Gasteiger partial charge in [-0.15, -0.1) is 0 Å². The molecule has 0 unspecified atom stereocenters. The lowest BCUT2D eigenvalue weighted by Crippen LogP contribution is -2.46. The fourth-order valence-electron chi connectivity index (χ4n) is 1.87. The molecular formula is C12H18FN5. The number of anilines is 1. The van der Waals surface area contributed by atoms with Crippen molar-refractivity contribution in [2.45, 2.75) is 20.8 Å². The van der Waals surface area contributed by atoms with E-state index < -0.39 is 0 Å². The van der Waals surface area contributed by atoms with E-state index in [1.807, 2.05) is 13.0 Å². The number of guanidine groups is 2. The van der Waals surface area contributed by atoms with E-state index in [4.69, 9.17) is 16.6 Å². The molecule has 98 valence electrons. The van der Waals surface area contributed by atoms with Crippen molar-refractivity contribution in [1.29, 1.82) is 10.8 Å². The second-order valence-corrected chi connectivity index (χ2v) is 4.04. The summed E-state index contributed by atoms with van der Waals surface area (Å²) in [5.74, 6) is -0.844. The topological polar surface area (TPSA) is 89.0 Å². The van der Waals surface area contributed by atoms with E-state index in [1.54, 1.807) is 13.8 Å². The third-order valence-electron chi connectivity index (χ3n) is 2.51. The molecule has 0 amide bonds. The van der Waals surface area contributed by atoms with E-state index in [-0.39, 0.29) is 17.7 Å². The lowest BCUT2D eigenvalue weighted by molar-refractivity contribution is 0.623. The largest absolute Gasteiger partial charge is 0.370 e. The van der Waals surface area contributed by atoms with Gasteiger partial charge in [0.15, 0.2) is 5.96 Å². The smallest absolute Gasteiger partial charge is 0.202 e. The molecule has 0 saturated carbocycles. The Morgan fingerprint density at radius 2 is 2.00 bits per heavy atom. The summed E-state index contributed by atoms with van der Waals surface area (Å²) in [5, 5.41) is 17.3. The van der Waals surface area contributed by atoms with Gasteiger partial charge in [0.05, 0.1) is 5.69 Å². The highest BCUT2D eigenvalue weighted by Crippen LogP contribution is 2.25. The molecule has 0 bridgehead atoms. The first-order valence-corrected chi connectivity index (χ1v) is 5.60. The number of hydrogen-bond donors (Lipinski definition) is 4. The monoisotopic (exact) mass is 251 g/mol. The van der Waals surface area contributed by atoms with Gasteiger partial charge in [0.2, 0.25) is 5.96 Å². The number of nitrogens with two attached hydrogens (primary N) is 1. The van der Waals surface area contributed by atoms with Gasteiger partial charge in [0.1, 0.15) is 5.82 Å². The summed E-state index contributed by atoms with van der Waals surface area (Å²) in [4.78, 5) is 1.44. The zero-order valence-corrected chi connectivity index (χ0v) is 10.8. The highest BCUT2D eigenvalue weighted by molar-refractivity contribution is 6.04. The molecule has 0 aliphatic rings. The normalized spacial score (nSPS) is 10.0. The van der Waals surface area contributed by atoms with Crippen molar-refractivity contribution in [3.63, 3.8) is 0 Å². The molecule has 0 fully saturated rings. The van der Waals surface area contributed by atoms with Gasteiger partial charge >= 0.3 is 0 Å². The molecule has 1 rings (SSSR count). The maximum atomic E-state index is 14.0. The number of nitrogens with zero attached hydrogens (tertiary/aromatic N) is 1. The van der Waals surface area contributed by atoms with Crippen molar-refractivity contribution in [1.82, 2.24) is 5.32 Å². The van der Waals surface area contributed by atoms with Crippen LogP contribution in [0.25, 0.3) is 0 Å². The molecule has 0 spiro atoms. The lowest BCUT2D eigenvalue weighted by Gasteiger charge is -2.26. The second kappa shape index (κ2) is 5.48. The predicted octanol–water partition coefficient (Wildman–Crippen LogP) is 1.69. The Hall–Kier alpha value is -2.11. The Bertz CT molecular complexity index is 460. The van der Waals surface area contributed by atoms with Gasteiger partial charge in [-0.1, -0.05) is 6.07 Å². The van der Waals surface area contributed by atoms with Crippen LogP contribution < -0.4 is 16.0 Å². The van der Waals surface area contributed by atoms with Crippen LogP contribution in [0, 0.1) is 30.5 Å². The van der Waals surface area contributed by atoms with E-state index in [2.05, 4.69) is 5.32 Å². The predicted molar refractivity (Wildman–Crippen MR) is 71.7 cm³/mol. The van der Waals surface area contributed by atoms with E-state index in [1.165, 1.54) is 11.0 Å². The number of halogens is 1. The Kier molecular flexibility index (Phi) is 4.25. The molecule has 1 aromatic rings. The Morgan fingerprint density at radius 3 is 2.44 bits per heavy atom. The molecule has 0 aromatic heterocycles. The van der Waals surface area contributed by atoms with Gasteiger partial charge < -0.3 is 10.6 Å². The van der Waals surface area contributed by atoms with Gasteiger partial charge in [-0.3, -0.25) is 16.1 Å². The van der Waals surface area contributed by atoms with Crippen LogP contribution in [0.3, 0.4) is 0 Å². The molecule has 6 heteroatoms. The summed E-state index contributed by atoms with van der Waals surface area (Å²) in [6.07, 6.45) is 0. The fourth-order valence-corrected chi connectivity index (χ4v) is 1.87. The summed E-state index contributed by atoms with van der Waals surface area (Å²) in [6.45, 7) is 5.80. The fraction of sp³-hybridized carbons (Fsp3) is 0.333. The summed E-state index contributed by atoms with van der Waals surface area (Å²) >= 11 is 0. The van der Waals surface area contributed by atoms with Crippen molar-refractivity contribution in [2.75, 3.05) is 11.4 Å². The van der Waals surface area contributed by atoms with E-state index in [0.717, 1.165) is 11.1 Å². The molecule has 0 saturated heterocycles. The highest BCUT2D eigenvalue weighted by atomic mass is 19.1. The number of nitrogens with one attached hydrogen (secondary N) is 3. The molecule has 5 nitrogen and oxygen atoms in total. The highest BCUT2D eigenvalue weighted by Gasteiger charge is 2.17. The van der Waals surface area contributed by atoms with Crippen molar-refractivity contribution < 1.29 is 4.39 Å². The number of aryl methyl sites for hydroxylation is 2. The van der Waals surface area contributed by atoms with Crippen LogP contribution in [0.15, 0.2) is 12.1 Å². The zero-order chi connectivity index (χ0) is 13.9. The van der Waals surface area contributed by atoms with Gasteiger partial charge in [0, 0.05) is 6.54 Å². The van der Waals surface area contributed by atoms with Crippen LogP contribution in [0.4, 0.5) is 10.1 Å². The minimum Gasteiger partial charge on any atom is -0.370 e. The maximum Gasteiger partial charge on any atom is 0.202 e. The van der Waals surface area contributed by atoms with E-state index in [9.17, 15) is 4.39 Å². The number of rotatable bonds is 2. The quantitative estimate of drug-likeness (QED) is 0.476.